The van der Waals surface area contributed by atoms with Crippen LogP contribution in [0.4, 0.5) is 10.1 Å². The highest BCUT2D eigenvalue weighted by Gasteiger charge is 2.42. The van der Waals surface area contributed by atoms with E-state index in [4.69, 9.17) is 16.3 Å². The first-order valence-corrected chi connectivity index (χ1v) is 12.3. The average molecular weight is 496 g/mol. The second-order valence-electron chi connectivity index (χ2n) is 9.19. The Balaban J connectivity index is 1.58. The fourth-order valence-electron chi connectivity index (χ4n) is 5.52. The third-order valence-electron chi connectivity index (χ3n) is 7.32. The minimum atomic E-state index is -0.411. The van der Waals surface area contributed by atoms with E-state index in [1.807, 2.05) is 6.07 Å². The van der Waals surface area contributed by atoms with Crippen molar-refractivity contribution in [2.75, 3.05) is 24.6 Å². The lowest BCUT2D eigenvalue weighted by atomic mass is 9.94. The number of aryl methyl sites for hydroxylation is 1. The molecule has 0 spiro atoms. The molecular formula is C26H27ClFN5O2. The van der Waals surface area contributed by atoms with Crippen molar-refractivity contribution in [3.05, 3.63) is 62.8 Å². The van der Waals surface area contributed by atoms with Crippen molar-refractivity contribution in [2.24, 2.45) is 7.05 Å². The summed E-state index contributed by atoms with van der Waals surface area (Å²) >= 11 is 5.94. The number of nitrogens with zero attached hydrogens (tertiary/aromatic N) is 5. The summed E-state index contributed by atoms with van der Waals surface area (Å²) in [4.78, 5) is 22.4. The first-order chi connectivity index (χ1) is 16.9. The molecular weight excluding hydrogens is 469 g/mol. The molecule has 1 saturated heterocycles. The van der Waals surface area contributed by atoms with Crippen LogP contribution in [0.1, 0.15) is 44.0 Å². The molecule has 0 bridgehead atoms. The molecule has 0 unspecified atom stereocenters. The smallest absolute Gasteiger partial charge is 0.295 e. The van der Waals surface area contributed by atoms with Crippen molar-refractivity contribution < 1.29 is 9.13 Å². The zero-order valence-corrected chi connectivity index (χ0v) is 20.7. The molecule has 1 fully saturated rings. The number of aromatic nitrogens is 2. The van der Waals surface area contributed by atoms with E-state index >= 15 is 0 Å². The minimum Gasteiger partial charge on any atom is -0.484 e. The van der Waals surface area contributed by atoms with E-state index in [9.17, 15) is 14.4 Å². The number of nitriles is 1. The van der Waals surface area contributed by atoms with Crippen LogP contribution in [0, 0.1) is 17.1 Å². The third-order valence-corrected chi connectivity index (χ3v) is 7.63. The molecule has 0 N–H and O–H groups in total. The molecule has 5 rings (SSSR count). The van der Waals surface area contributed by atoms with Gasteiger partial charge < -0.3 is 14.2 Å². The van der Waals surface area contributed by atoms with Gasteiger partial charge in [-0.25, -0.2) is 9.37 Å². The Kier molecular flexibility index (Phi) is 6.16. The van der Waals surface area contributed by atoms with Gasteiger partial charge in [0.15, 0.2) is 0 Å². The third kappa shape index (κ3) is 3.83. The second-order valence-corrected chi connectivity index (χ2v) is 9.60. The topological polar surface area (TPSA) is 74.4 Å². The van der Waals surface area contributed by atoms with E-state index in [1.165, 1.54) is 10.6 Å². The van der Waals surface area contributed by atoms with Gasteiger partial charge in [0.05, 0.1) is 16.6 Å². The highest BCUT2D eigenvalue weighted by atomic mass is 35.5. The van der Waals surface area contributed by atoms with Crippen LogP contribution in [0.15, 0.2) is 35.1 Å². The van der Waals surface area contributed by atoms with E-state index in [-0.39, 0.29) is 34.5 Å². The molecule has 9 heteroatoms. The average Bonchev–Trinajstić information content (AvgIpc) is 2.88. The van der Waals surface area contributed by atoms with Gasteiger partial charge in [-0.3, -0.25) is 9.69 Å². The van der Waals surface area contributed by atoms with Crippen LogP contribution in [-0.2, 0) is 7.05 Å². The highest BCUT2D eigenvalue weighted by molar-refractivity contribution is 6.30. The molecule has 7 nitrogen and oxygen atoms in total. The maximum absolute atomic E-state index is 14.3. The number of ether oxygens (including phenoxy) is 1. The Bertz CT molecular complexity index is 1400. The molecule has 1 aromatic carbocycles. The number of pyridine rings is 2. The molecule has 4 heterocycles. The summed E-state index contributed by atoms with van der Waals surface area (Å²) in [5, 5.41) is 9.56. The molecule has 35 heavy (non-hydrogen) atoms. The van der Waals surface area contributed by atoms with Crippen molar-refractivity contribution in [3.63, 3.8) is 0 Å². The second kappa shape index (κ2) is 9.14. The largest absolute Gasteiger partial charge is 0.484 e. The van der Waals surface area contributed by atoms with E-state index in [0.29, 0.717) is 42.1 Å². The van der Waals surface area contributed by atoms with E-state index in [0.717, 1.165) is 18.4 Å². The number of benzene rings is 1. The van der Waals surface area contributed by atoms with Crippen LogP contribution in [0.25, 0.3) is 11.0 Å². The van der Waals surface area contributed by atoms with Gasteiger partial charge in [-0.15, -0.1) is 0 Å². The zero-order chi connectivity index (χ0) is 24.9. The van der Waals surface area contributed by atoms with Gasteiger partial charge in [0.1, 0.15) is 35.4 Å². The Morgan fingerprint density at radius 2 is 2.09 bits per heavy atom. The maximum Gasteiger partial charge on any atom is 0.295 e. The predicted molar refractivity (Wildman–Crippen MR) is 134 cm³/mol. The number of fused-ring (bicyclic) bond motifs is 5. The standard InChI is InChI=1S/C26H27ClFN5O2/c1-4-17-12-33-18(13-32(17)21(5-2)15-6-8-19(27)20(28)10-15)14-35-25-24(33)23-22(31(3)26(25)34)9-7-16(11-29)30-23/h6-10,17-18,21H,4-5,12-14H2,1-3H3/t17-,18+,21+/m1/s1. The first kappa shape index (κ1) is 23.6. The molecule has 2 aliphatic heterocycles. The molecule has 0 aliphatic carbocycles. The van der Waals surface area contributed by atoms with Crippen molar-refractivity contribution in [1.82, 2.24) is 14.5 Å². The number of rotatable bonds is 4. The summed E-state index contributed by atoms with van der Waals surface area (Å²) in [6, 6.07) is 10.7. The SMILES string of the molecule is CC[C@@H]1CN2c3c(c(=O)n(C)c4ccc(C#N)nc34)OC[C@@H]2CN1[C@@H](CC)c1ccc(Cl)c(F)c1. The summed E-state index contributed by atoms with van der Waals surface area (Å²) in [5.74, 6) is -0.125. The first-order valence-electron chi connectivity index (χ1n) is 11.9. The van der Waals surface area contributed by atoms with Crippen molar-refractivity contribution in [3.8, 4) is 11.8 Å². The van der Waals surface area contributed by atoms with Gasteiger partial charge in [-0.2, -0.15) is 5.26 Å². The number of anilines is 1. The van der Waals surface area contributed by atoms with Crippen LogP contribution in [0.2, 0.25) is 5.02 Å². The summed E-state index contributed by atoms with van der Waals surface area (Å²) in [7, 11) is 1.69. The normalized spacial score (nSPS) is 20.6. The van der Waals surface area contributed by atoms with Crippen LogP contribution >= 0.6 is 11.6 Å². The fourth-order valence-corrected chi connectivity index (χ4v) is 5.64. The van der Waals surface area contributed by atoms with Crippen LogP contribution < -0.4 is 15.2 Å². The number of hydrogen-bond acceptors (Lipinski definition) is 6. The van der Waals surface area contributed by atoms with E-state index in [2.05, 4.69) is 34.7 Å². The molecule has 2 aromatic heterocycles. The van der Waals surface area contributed by atoms with Crippen LogP contribution in [-0.4, -0.2) is 46.2 Å². The van der Waals surface area contributed by atoms with E-state index < -0.39 is 5.82 Å². The van der Waals surface area contributed by atoms with Gasteiger partial charge in [-0.05, 0) is 42.7 Å². The quantitative estimate of drug-likeness (QED) is 0.533. The Hall–Kier alpha value is -3.15. The Morgan fingerprint density at radius 3 is 2.77 bits per heavy atom. The minimum absolute atomic E-state index is 0.0145. The molecule has 3 aromatic rings. The van der Waals surface area contributed by atoms with Gasteiger partial charge in [-0.1, -0.05) is 31.5 Å². The van der Waals surface area contributed by atoms with Crippen LogP contribution in [0.5, 0.6) is 5.75 Å². The summed E-state index contributed by atoms with van der Waals surface area (Å²) < 4.78 is 21.9. The monoisotopic (exact) mass is 495 g/mol. The van der Waals surface area contributed by atoms with Crippen LogP contribution in [0.3, 0.4) is 0 Å². The number of piperazine rings is 1. The predicted octanol–water partition coefficient (Wildman–Crippen LogP) is 4.41. The molecule has 182 valence electrons. The van der Waals surface area contributed by atoms with Crippen molar-refractivity contribution >= 4 is 28.3 Å². The molecule has 0 saturated carbocycles. The van der Waals surface area contributed by atoms with Gasteiger partial charge in [0.2, 0.25) is 5.75 Å². The van der Waals surface area contributed by atoms with Crippen molar-refractivity contribution in [1.29, 1.82) is 5.26 Å². The molecule has 0 radical (unpaired) electrons. The summed E-state index contributed by atoms with van der Waals surface area (Å²) in [6.45, 7) is 5.97. The Labute approximate surface area is 208 Å². The number of hydrogen-bond donors (Lipinski definition) is 0. The van der Waals surface area contributed by atoms with Gasteiger partial charge in [0, 0.05) is 32.2 Å². The summed E-state index contributed by atoms with van der Waals surface area (Å²) in [6.07, 6.45) is 1.70. The molecule has 2 aliphatic rings. The zero-order valence-electron chi connectivity index (χ0n) is 20.0. The lowest BCUT2D eigenvalue weighted by Gasteiger charge is -2.51. The lowest BCUT2D eigenvalue weighted by Crippen LogP contribution is -2.62. The molecule has 3 atom stereocenters. The number of halogens is 2. The van der Waals surface area contributed by atoms with Crippen molar-refractivity contribution in [2.45, 2.75) is 44.8 Å². The fraction of sp³-hybridized carbons (Fsp3) is 0.423. The lowest BCUT2D eigenvalue weighted by molar-refractivity contribution is 0.0719. The maximum atomic E-state index is 14.3. The molecule has 0 amide bonds. The highest BCUT2D eigenvalue weighted by Crippen LogP contribution is 2.41. The van der Waals surface area contributed by atoms with E-state index in [1.54, 1.807) is 25.2 Å². The van der Waals surface area contributed by atoms with Gasteiger partial charge >= 0.3 is 0 Å². The summed E-state index contributed by atoms with van der Waals surface area (Å²) in [5.41, 5.74) is 2.91. The van der Waals surface area contributed by atoms with Gasteiger partial charge in [0.25, 0.3) is 5.56 Å². The Morgan fingerprint density at radius 1 is 1.29 bits per heavy atom.